The van der Waals surface area contributed by atoms with E-state index in [0.717, 1.165) is 70.6 Å². The molecule has 0 rings (SSSR count). The molecule has 0 heterocycles. The zero-order valence-electron chi connectivity index (χ0n) is 40.0. The zero-order chi connectivity index (χ0) is 43.7. The van der Waals surface area contributed by atoms with Gasteiger partial charge in [0.25, 0.3) is 0 Å². The molecule has 0 aromatic heterocycles. The molecule has 0 saturated carbocycles. The normalized spacial score (nSPS) is 12.2. The molecule has 60 heavy (non-hydrogen) atoms. The van der Waals surface area contributed by atoms with Gasteiger partial charge < -0.3 is 14.2 Å². The van der Waals surface area contributed by atoms with Crippen LogP contribution in [0.25, 0.3) is 0 Å². The summed E-state index contributed by atoms with van der Waals surface area (Å²) in [4.78, 5) is 37.9. The molecular formula is C54H98O6. The number of rotatable bonds is 47. The minimum Gasteiger partial charge on any atom is -0.462 e. The number of hydrogen-bond donors (Lipinski definition) is 0. The van der Waals surface area contributed by atoms with Gasteiger partial charge in [0.1, 0.15) is 13.2 Å². The van der Waals surface area contributed by atoms with Crippen molar-refractivity contribution >= 4 is 17.9 Å². The Hall–Kier alpha value is -2.37. The highest BCUT2D eigenvalue weighted by Gasteiger charge is 2.19. The molecule has 0 amide bonds. The quantitative estimate of drug-likeness (QED) is 0.0263. The third kappa shape index (κ3) is 46.7. The van der Waals surface area contributed by atoms with Crippen LogP contribution in [0.3, 0.4) is 0 Å². The fourth-order valence-corrected chi connectivity index (χ4v) is 7.52. The smallest absolute Gasteiger partial charge is 0.306 e. The SMILES string of the molecule is CC/C=C\C/C=C\C/C=C\CCCCC(=O)OC(COC(=O)CCCCCCCCCCCCC)COC(=O)CCCCCCCCCCCCCCCCCCCCC. The second-order valence-electron chi connectivity index (χ2n) is 17.4. The summed E-state index contributed by atoms with van der Waals surface area (Å²) in [5.41, 5.74) is 0. The van der Waals surface area contributed by atoms with Crippen molar-refractivity contribution in [2.24, 2.45) is 0 Å². The van der Waals surface area contributed by atoms with E-state index in [9.17, 15) is 14.4 Å². The summed E-state index contributed by atoms with van der Waals surface area (Å²) >= 11 is 0. The monoisotopic (exact) mass is 843 g/mol. The Labute approximate surface area is 372 Å². The summed E-state index contributed by atoms with van der Waals surface area (Å²) in [7, 11) is 0. The summed E-state index contributed by atoms with van der Waals surface area (Å²) in [5.74, 6) is -0.913. The van der Waals surface area contributed by atoms with Crippen molar-refractivity contribution in [2.45, 2.75) is 277 Å². The van der Waals surface area contributed by atoms with Crippen molar-refractivity contribution < 1.29 is 28.6 Å². The maximum Gasteiger partial charge on any atom is 0.306 e. The van der Waals surface area contributed by atoms with Crippen molar-refractivity contribution in [1.82, 2.24) is 0 Å². The predicted octanol–water partition coefficient (Wildman–Crippen LogP) is 16.9. The van der Waals surface area contributed by atoms with Crippen LogP contribution in [-0.4, -0.2) is 37.2 Å². The van der Waals surface area contributed by atoms with Gasteiger partial charge >= 0.3 is 17.9 Å². The maximum absolute atomic E-state index is 12.7. The molecule has 0 aliphatic heterocycles. The van der Waals surface area contributed by atoms with E-state index in [4.69, 9.17) is 14.2 Å². The van der Waals surface area contributed by atoms with Gasteiger partial charge in [0.2, 0.25) is 0 Å². The number of carbonyl (C=O) groups excluding carboxylic acids is 3. The summed E-state index contributed by atoms with van der Waals surface area (Å²) < 4.78 is 16.7. The average Bonchev–Trinajstić information content (AvgIpc) is 3.24. The molecule has 0 aromatic rings. The van der Waals surface area contributed by atoms with E-state index in [1.54, 1.807) is 0 Å². The average molecular weight is 843 g/mol. The van der Waals surface area contributed by atoms with Gasteiger partial charge in [-0.25, -0.2) is 0 Å². The van der Waals surface area contributed by atoms with Crippen molar-refractivity contribution in [2.75, 3.05) is 13.2 Å². The minimum atomic E-state index is -0.785. The van der Waals surface area contributed by atoms with Gasteiger partial charge in [0.15, 0.2) is 6.10 Å². The highest BCUT2D eigenvalue weighted by Crippen LogP contribution is 2.16. The van der Waals surface area contributed by atoms with Gasteiger partial charge in [-0.2, -0.15) is 0 Å². The van der Waals surface area contributed by atoms with Gasteiger partial charge in [-0.15, -0.1) is 0 Å². The number of hydrogen-bond acceptors (Lipinski definition) is 6. The van der Waals surface area contributed by atoms with Crippen molar-refractivity contribution in [3.63, 3.8) is 0 Å². The lowest BCUT2D eigenvalue weighted by atomic mass is 10.0. The Morgan fingerprint density at radius 1 is 0.350 bits per heavy atom. The molecule has 0 N–H and O–H groups in total. The van der Waals surface area contributed by atoms with E-state index in [-0.39, 0.29) is 37.5 Å². The van der Waals surface area contributed by atoms with E-state index in [0.29, 0.717) is 19.3 Å². The van der Waals surface area contributed by atoms with Gasteiger partial charge in [-0.3, -0.25) is 14.4 Å². The molecule has 0 aliphatic carbocycles. The Morgan fingerprint density at radius 2 is 0.650 bits per heavy atom. The Balaban J connectivity index is 4.30. The fourth-order valence-electron chi connectivity index (χ4n) is 7.52. The topological polar surface area (TPSA) is 78.9 Å². The second kappa shape index (κ2) is 49.3. The third-order valence-corrected chi connectivity index (χ3v) is 11.4. The van der Waals surface area contributed by atoms with Crippen molar-refractivity contribution in [3.8, 4) is 0 Å². The van der Waals surface area contributed by atoms with E-state index in [1.807, 2.05) is 0 Å². The molecule has 0 saturated heterocycles. The zero-order valence-corrected chi connectivity index (χ0v) is 40.0. The lowest BCUT2D eigenvalue weighted by Gasteiger charge is -2.18. The summed E-state index contributed by atoms with van der Waals surface area (Å²) in [5, 5.41) is 0. The van der Waals surface area contributed by atoms with Crippen LogP contribution in [-0.2, 0) is 28.6 Å². The van der Waals surface area contributed by atoms with Crippen LogP contribution in [0.5, 0.6) is 0 Å². The van der Waals surface area contributed by atoms with Crippen LogP contribution in [0.2, 0.25) is 0 Å². The molecule has 6 heteroatoms. The molecule has 6 nitrogen and oxygen atoms in total. The van der Waals surface area contributed by atoms with Crippen LogP contribution in [0.4, 0.5) is 0 Å². The Bertz CT molecular complexity index is 1020. The first kappa shape index (κ1) is 57.6. The first-order chi connectivity index (χ1) is 29.5. The third-order valence-electron chi connectivity index (χ3n) is 11.4. The number of esters is 3. The molecule has 0 radical (unpaired) electrons. The van der Waals surface area contributed by atoms with E-state index in [1.165, 1.54) is 154 Å². The Kier molecular flexibility index (Phi) is 47.3. The molecule has 1 atom stereocenters. The molecule has 0 aliphatic rings. The lowest BCUT2D eigenvalue weighted by Crippen LogP contribution is -2.30. The van der Waals surface area contributed by atoms with Crippen LogP contribution >= 0.6 is 0 Å². The van der Waals surface area contributed by atoms with Crippen molar-refractivity contribution in [1.29, 1.82) is 0 Å². The van der Waals surface area contributed by atoms with Gasteiger partial charge in [0, 0.05) is 19.3 Å². The van der Waals surface area contributed by atoms with Crippen LogP contribution < -0.4 is 0 Å². The standard InChI is InChI=1S/C54H98O6/c1-4-7-10-13-16-19-22-24-25-26-27-28-29-30-33-35-38-41-44-47-53(56)59-50-51(49-58-52(55)46-43-40-37-34-31-21-18-15-12-9-6-3)60-54(57)48-45-42-39-36-32-23-20-17-14-11-8-5-2/h8,11,17,20,32,36,51H,4-7,9-10,12-16,18-19,21-31,33-35,37-50H2,1-3H3/b11-8-,20-17-,36-32-. The molecule has 0 bridgehead atoms. The molecule has 0 spiro atoms. The summed E-state index contributed by atoms with van der Waals surface area (Å²) in [6, 6.07) is 0. The van der Waals surface area contributed by atoms with Gasteiger partial charge in [0.05, 0.1) is 0 Å². The van der Waals surface area contributed by atoms with E-state index >= 15 is 0 Å². The number of unbranched alkanes of at least 4 members (excludes halogenated alkanes) is 30. The van der Waals surface area contributed by atoms with Crippen LogP contribution in [0.1, 0.15) is 271 Å². The lowest BCUT2D eigenvalue weighted by molar-refractivity contribution is -0.167. The van der Waals surface area contributed by atoms with Crippen molar-refractivity contribution in [3.05, 3.63) is 36.5 Å². The number of carbonyl (C=O) groups is 3. The second-order valence-corrected chi connectivity index (χ2v) is 17.4. The fraction of sp³-hybridized carbons (Fsp3) is 0.833. The molecule has 0 fully saturated rings. The number of ether oxygens (including phenoxy) is 3. The summed E-state index contributed by atoms with van der Waals surface area (Å²) in [6.07, 6.45) is 57.1. The Morgan fingerprint density at radius 3 is 1.02 bits per heavy atom. The highest BCUT2D eigenvalue weighted by molar-refractivity contribution is 5.71. The van der Waals surface area contributed by atoms with Gasteiger partial charge in [-0.1, -0.05) is 237 Å². The van der Waals surface area contributed by atoms with E-state index in [2.05, 4.69) is 57.2 Å². The van der Waals surface area contributed by atoms with Crippen LogP contribution in [0, 0.1) is 0 Å². The molecule has 0 aromatic carbocycles. The number of allylic oxidation sites excluding steroid dienone is 6. The van der Waals surface area contributed by atoms with Gasteiger partial charge in [-0.05, 0) is 51.4 Å². The summed E-state index contributed by atoms with van der Waals surface area (Å²) in [6.45, 7) is 6.51. The molecule has 350 valence electrons. The highest BCUT2D eigenvalue weighted by atomic mass is 16.6. The molecule has 1 unspecified atom stereocenters. The largest absolute Gasteiger partial charge is 0.462 e. The first-order valence-corrected chi connectivity index (χ1v) is 26.0. The molecular weight excluding hydrogens is 745 g/mol. The van der Waals surface area contributed by atoms with Crippen LogP contribution in [0.15, 0.2) is 36.5 Å². The predicted molar refractivity (Wildman–Crippen MR) is 256 cm³/mol. The van der Waals surface area contributed by atoms with E-state index < -0.39 is 6.10 Å². The maximum atomic E-state index is 12.7. The minimum absolute atomic E-state index is 0.0834. The first-order valence-electron chi connectivity index (χ1n) is 26.0.